The van der Waals surface area contributed by atoms with Gasteiger partial charge in [0.2, 0.25) is 0 Å². The third-order valence-electron chi connectivity index (χ3n) is 2.44. The molecule has 2 heteroatoms. The molecule has 0 amide bonds. The van der Waals surface area contributed by atoms with Crippen LogP contribution in [0.5, 0.6) is 0 Å². The molecule has 14 heavy (non-hydrogen) atoms. The fourth-order valence-corrected chi connectivity index (χ4v) is 1.59. The molecule has 0 radical (unpaired) electrons. The molecule has 0 unspecified atom stereocenters. The normalized spacial score (nSPS) is 15.9. The van der Waals surface area contributed by atoms with E-state index < -0.39 is 0 Å². The fraction of sp³-hybridized carbons (Fsp3) is 0.500. The highest BCUT2D eigenvalue weighted by Gasteiger charge is 2.21. The van der Waals surface area contributed by atoms with Gasteiger partial charge in [0.25, 0.3) is 0 Å². The van der Waals surface area contributed by atoms with Crippen molar-refractivity contribution in [2.24, 2.45) is 0 Å². The average Bonchev–Trinajstić information content (AvgIpc) is 2.91. The van der Waals surface area contributed by atoms with Gasteiger partial charge in [0, 0.05) is 18.3 Å². The predicted octanol–water partition coefficient (Wildman–Crippen LogP) is 2.32. The van der Waals surface area contributed by atoms with Crippen molar-refractivity contribution in [3.8, 4) is 0 Å². The molecule has 1 N–H and O–H groups in total. The Bertz CT molecular complexity index is 280. The van der Waals surface area contributed by atoms with Gasteiger partial charge in [-0.25, -0.2) is 0 Å². The summed E-state index contributed by atoms with van der Waals surface area (Å²) < 4.78 is 0. The van der Waals surface area contributed by atoms with Gasteiger partial charge < -0.3 is 10.2 Å². The van der Waals surface area contributed by atoms with Crippen molar-refractivity contribution in [3.63, 3.8) is 0 Å². The van der Waals surface area contributed by atoms with E-state index in [2.05, 4.69) is 48.6 Å². The molecule has 2 rings (SSSR count). The van der Waals surface area contributed by atoms with Crippen LogP contribution in [-0.2, 0) is 6.54 Å². The van der Waals surface area contributed by atoms with Crippen molar-refractivity contribution in [3.05, 3.63) is 29.8 Å². The standard InChI is InChI=1S/C12H18N2/c1-14(2)9-10-5-3-4-6-12(10)13-11-7-8-11/h3-6,11,13H,7-9H2,1-2H3. The Labute approximate surface area is 85.9 Å². The minimum Gasteiger partial charge on any atom is -0.382 e. The van der Waals surface area contributed by atoms with Gasteiger partial charge in [-0.3, -0.25) is 0 Å². The topological polar surface area (TPSA) is 15.3 Å². The van der Waals surface area contributed by atoms with E-state index in [1.165, 1.54) is 24.1 Å². The van der Waals surface area contributed by atoms with Crippen LogP contribution in [0.1, 0.15) is 18.4 Å². The van der Waals surface area contributed by atoms with Gasteiger partial charge in [-0.1, -0.05) is 18.2 Å². The van der Waals surface area contributed by atoms with E-state index in [9.17, 15) is 0 Å². The molecular weight excluding hydrogens is 172 g/mol. The second-order valence-electron chi connectivity index (χ2n) is 4.31. The first-order valence-corrected chi connectivity index (χ1v) is 5.25. The van der Waals surface area contributed by atoms with Crippen LogP contribution in [0.4, 0.5) is 5.69 Å². The zero-order valence-corrected chi connectivity index (χ0v) is 8.96. The summed E-state index contributed by atoms with van der Waals surface area (Å²) in [6, 6.07) is 9.32. The monoisotopic (exact) mass is 190 g/mol. The summed E-state index contributed by atoms with van der Waals surface area (Å²) in [6.45, 7) is 1.01. The Morgan fingerprint density at radius 3 is 2.64 bits per heavy atom. The lowest BCUT2D eigenvalue weighted by Gasteiger charge is -2.15. The lowest BCUT2D eigenvalue weighted by molar-refractivity contribution is 0.403. The largest absolute Gasteiger partial charge is 0.382 e. The van der Waals surface area contributed by atoms with Gasteiger partial charge in [0.1, 0.15) is 0 Å². The predicted molar refractivity (Wildman–Crippen MR) is 60.5 cm³/mol. The zero-order valence-electron chi connectivity index (χ0n) is 8.96. The van der Waals surface area contributed by atoms with E-state index in [1.807, 2.05) is 0 Å². The molecule has 0 bridgehead atoms. The van der Waals surface area contributed by atoms with Crippen molar-refractivity contribution in [1.82, 2.24) is 4.90 Å². The summed E-state index contributed by atoms with van der Waals surface area (Å²) in [4.78, 5) is 2.20. The Balaban J connectivity index is 2.10. The fourth-order valence-electron chi connectivity index (χ4n) is 1.59. The van der Waals surface area contributed by atoms with Crippen molar-refractivity contribution in [2.75, 3.05) is 19.4 Å². The van der Waals surface area contributed by atoms with E-state index in [0.717, 1.165) is 12.6 Å². The molecule has 1 aromatic carbocycles. The number of nitrogens with one attached hydrogen (secondary N) is 1. The van der Waals surface area contributed by atoms with Gasteiger partial charge in [0.15, 0.2) is 0 Å². The van der Waals surface area contributed by atoms with Crippen LogP contribution >= 0.6 is 0 Å². The molecule has 1 fully saturated rings. The van der Waals surface area contributed by atoms with E-state index in [-0.39, 0.29) is 0 Å². The third kappa shape index (κ3) is 2.48. The lowest BCUT2D eigenvalue weighted by atomic mass is 10.1. The van der Waals surface area contributed by atoms with Crippen LogP contribution in [0, 0.1) is 0 Å². The Hall–Kier alpha value is -1.02. The maximum atomic E-state index is 3.56. The van der Waals surface area contributed by atoms with Gasteiger partial charge in [0.05, 0.1) is 0 Å². The number of para-hydroxylation sites is 1. The van der Waals surface area contributed by atoms with Crippen LogP contribution in [0.2, 0.25) is 0 Å². The maximum absolute atomic E-state index is 3.56. The number of benzene rings is 1. The molecular formula is C12H18N2. The molecule has 1 saturated carbocycles. The van der Waals surface area contributed by atoms with Crippen LogP contribution < -0.4 is 5.32 Å². The number of rotatable bonds is 4. The van der Waals surface area contributed by atoms with E-state index >= 15 is 0 Å². The van der Waals surface area contributed by atoms with Gasteiger partial charge in [-0.05, 0) is 38.6 Å². The minimum atomic E-state index is 0.735. The van der Waals surface area contributed by atoms with Crippen LogP contribution in [0.15, 0.2) is 24.3 Å². The number of anilines is 1. The summed E-state index contributed by atoms with van der Waals surface area (Å²) in [6.07, 6.45) is 2.66. The van der Waals surface area contributed by atoms with Crippen molar-refractivity contribution >= 4 is 5.69 Å². The Kier molecular flexibility index (Phi) is 2.73. The number of nitrogens with zero attached hydrogens (tertiary/aromatic N) is 1. The number of hydrogen-bond donors (Lipinski definition) is 1. The van der Waals surface area contributed by atoms with Crippen molar-refractivity contribution < 1.29 is 0 Å². The maximum Gasteiger partial charge on any atom is 0.0388 e. The van der Waals surface area contributed by atoms with E-state index in [0.29, 0.717) is 0 Å². The molecule has 0 aliphatic heterocycles. The van der Waals surface area contributed by atoms with Gasteiger partial charge in [-0.2, -0.15) is 0 Å². The summed E-state index contributed by atoms with van der Waals surface area (Å²) in [5.74, 6) is 0. The molecule has 1 aromatic rings. The average molecular weight is 190 g/mol. The zero-order chi connectivity index (χ0) is 9.97. The molecule has 1 aliphatic carbocycles. The summed E-state index contributed by atoms with van der Waals surface area (Å²) in [5.41, 5.74) is 2.70. The first-order chi connectivity index (χ1) is 6.75. The van der Waals surface area contributed by atoms with Crippen molar-refractivity contribution in [2.45, 2.75) is 25.4 Å². The third-order valence-corrected chi connectivity index (χ3v) is 2.44. The molecule has 76 valence electrons. The molecule has 1 aliphatic rings. The smallest absolute Gasteiger partial charge is 0.0388 e. The highest BCUT2D eigenvalue weighted by molar-refractivity contribution is 5.52. The molecule has 0 saturated heterocycles. The second-order valence-corrected chi connectivity index (χ2v) is 4.31. The Morgan fingerprint density at radius 2 is 2.00 bits per heavy atom. The second kappa shape index (κ2) is 4.01. The molecule has 0 atom stereocenters. The first kappa shape index (κ1) is 9.53. The summed E-state index contributed by atoms with van der Waals surface area (Å²) >= 11 is 0. The highest BCUT2D eigenvalue weighted by Crippen LogP contribution is 2.26. The minimum absolute atomic E-state index is 0.735. The number of hydrogen-bond acceptors (Lipinski definition) is 2. The van der Waals surface area contributed by atoms with Gasteiger partial charge in [-0.15, -0.1) is 0 Å². The molecule has 0 heterocycles. The Morgan fingerprint density at radius 1 is 1.29 bits per heavy atom. The molecule has 2 nitrogen and oxygen atoms in total. The first-order valence-electron chi connectivity index (χ1n) is 5.25. The summed E-state index contributed by atoms with van der Waals surface area (Å²) in [7, 11) is 4.21. The van der Waals surface area contributed by atoms with E-state index in [1.54, 1.807) is 0 Å². The summed E-state index contributed by atoms with van der Waals surface area (Å²) in [5, 5.41) is 3.56. The van der Waals surface area contributed by atoms with Crippen LogP contribution in [0.3, 0.4) is 0 Å². The van der Waals surface area contributed by atoms with E-state index in [4.69, 9.17) is 0 Å². The molecule has 0 spiro atoms. The SMILES string of the molecule is CN(C)Cc1ccccc1NC1CC1. The lowest BCUT2D eigenvalue weighted by Crippen LogP contribution is -2.13. The van der Waals surface area contributed by atoms with Gasteiger partial charge >= 0.3 is 0 Å². The van der Waals surface area contributed by atoms with Crippen LogP contribution in [-0.4, -0.2) is 25.0 Å². The van der Waals surface area contributed by atoms with Crippen molar-refractivity contribution in [1.29, 1.82) is 0 Å². The van der Waals surface area contributed by atoms with Crippen LogP contribution in [0.25, 0.3) is 0 Å². The molecule has 0 aromatic heterocycles. The quantitative estimate of drug-likeness (QED) is 0.784. The highest BCUT2D eigenvalue weighted by atomic mass is 15.1.